The number of hydrogen-bond donors (Lipinski definition) is 1. The standard InChI is InChI=1S/C23H22N2O5S/c1-3-29-20-12-8-19(9-13-20)23(26)30-21-10-6-18(7-11-21)16-24-25-31(27,28)22-14-4-17(2)5-15-22/h4-16,25H,3H2,1-2H3/b24-16+. The maximum Gasteiger partial charge on any atom is 0.343 e. The second kappa shape index (κ2) is 9.90. The summed E-state index contributed by atoms with van der Waals surface area (Å²) >= 11 is 0. The topological polar surface area (TPSA) is 94.1 Å². The monoisotopic (exact) mass is 438 g/mol. The lowest BCUT2D eigenvalue weighted by molar-refractivity contribution is 0.0734. The van der Waals surface area contributed by atoms with Crippen LogP contribution in [0.1, 0.15) is 28.4 Å². The number of aryl methyl sites for hydroxylation is 1. The number of ether oxygens (including phenoxy) is 2. The molecule has 3 aromatic rings. The number of carbonyl (C=O) groups excluding carboxylic acids is 1. The third kappa shape index (κ3) is 6.16. The first-order valence-corrected chi connectivity index (χ1v) is 11.0. The van der Waals surface area contributed by atoms with Crippen LogP contribution in [-0.4, -0.2) is 27.2 Å². The largest absolute Gasteiger partial charge is 0.494 e. The quantitative estimate of drug-likeness (QED) is 0.249. The van der Waals surface area contributed by atoms with Gasteiger partial charge in [0.1, 0.15) is 11.5 Å². The Morgan fingerprint density at radius 2 is 1.55 bits per heavy atom. The van der Waals surface area contributed by atoms with Gasteiger partial charge in [0.25, 0.3) is 10.0 Å². The predicted octanol–water partition coefficient (Wildman–Crippen LogP) is 3.93. The molecule has 3 aromatic carbocycles. The van der Waals surface area contributed by atoms with Crippen LogP contribution in [0.25, 0.3) is 0 Å². The average Bonchev–Trinajstić information content (AvgIpc) is 2.76. The smallest absolute Gasteiger partial charge is 0.343 e. The molecule has 0 saturated carbocycles. The van der Waals surface area contributed by atoms with Crippen LogP contribution in [-0.2, 0) is 10.0 Å². The zero-order chi connectivity index (χ0) is 22.3. The number of rotatable bonds is 8. The minimum Gasteiger partial charge on any atom is -0.494 e. The number of hydrazone groups is 1. The molecule has 0 heterocycles. The van der Waals surface area contributed by atoms with Gasteiger partial charge in [-0.3, -0.25) is 0 Å². The Kier molecular flexibility index (Phi) is 7.04. The summed E-state index contributed by atoms with van der Waals surface area (Å²) in [5.74, 6) is 0.548. The van der Waals surface area contributed by atoms with Crippen LogP contribution in [0.3, 0.4) is 0 Å². The Hall–Kier alpha value is -3.65. The summed E-state index contributed by atoms with van der Waals surface area (Å²) in [4.78, 5) is 14.5. The van der Waals surface area contributed by atoms with Gasteiger partial charge in [0.2, 0.25) is 0 Å². The highest BCUT2D eigenvalue weighted by Crippen LogP contribution is 2.16. The third-order valence-electron chi connectivity index (χ3n) is 4.21. The van der Waals surface area contributed by atoms with Crippen molar-refractivity contribution in [1.82, 2.24) is 4.83 Å². The molecule has 0 radical (unpaired) electrons. The van der Waals surface area contributed by atoms with Crippen LogP contribution in [0.4, 0.5) is 0 Å². The van der Waals surface area contributed by atoms with E-state index in [1.165, 1.54) is 18.3 Å². The highest BCUT2D eigenvalue weighted by molar-refractivity contribution is 7.89. The molecule has 0 bridgehead atoms. The van der Waals surface area contributed by atoms with E-state index in [1.54, 1.807) is 60.7 Å². The number of hydrogen-bond acceptors (Lipinski definition) is 6. The highest BCUT2D eigenvalue weighted by atomic mass is 32.2. The van der Waals surface area contributed by atoms with Crippen LogP contribution in [0, 0.1) is 6.92 Å². The number of benzene rings is 3. The van der Waals surface area contributed by atoms with Crippen molar-refractivity contribution >= 4 is 22.2 Å². The Morgan fingerprint density at radius 1 is 0.935 bits per heavy atom. The van der Waals surface area contributed by atoms with Crippen LogP contribution < -0.4 is 14.3 Å². The van der Waals surface area contributed by atoms with Gasteiger partial charge in [-0.25, -0.2) is 9.63 Å². The van der Waals surface area contributed by atoms with Crippen LogP contribution in [0.2, 0.25) is 0 Å². The van der Waals surface area contributed by atoms with E-state index >= 15 is 0 Å². The summed E-state index contributed by atoms with van der Waals surface area (Å²) in [6.45, 7) is 4.31. The lowest BCUT2D eigenvalue weighted by Crippen LogP contribution is -2.18. The summed E-state index contributed by atoms with van der Waals surface area (Å²) < 4.78 is 35.1. The molecule has 0 spiro atoms. The zero-order valence-electron chi connectivity index (χ0n) is 17.1. The summed E-state index contributed by atoms with van der Waals surface area (Å²) in [5.41, 5.74) is 2.00. The Labute approximate surface area is 181 Å². The number of carbonyl (C=O) groups is 1. The molecular formula is C23H22N2O5S. The highest BCUT2D eigenvalue weighted by Gasteiger charge is 2.12. The van der Waals surface area contributed by atoms with E-state index in [9.17, 15) is 13.2 Å². The molecule has 1 N–H and O–H groups in total. The predicted molar refractivity (Wildman–Crippen MR) is 118 cm³/mol. The SMILES string of the molecule is CCOc1ccc(C(=O)Oc2ccc(/C=N/NS(=O)(=O)c3ccc(C)cc3)cc2)cc1. The fraction of sp³-hybridized carbons (Fsp3) is 0.130. The normalized spacial score (nSPS) is 11.3. The number of nitrogens with zero attached hydrogens (tertiary/aromatic N) is 1. The molecule has 0 aliphatic rings. The van der Waals surface area contributed by atoms with Gasteiger partial charge >= 0.3 is 5.97 Å². The van der Waals surface area contributed by atoms with Crippen molar-refractivity contribution < 1.29 is 22.7 Å². The van der Waals surface area contributed by atoms with Gasteiger partial charge in [-0.2, -0.15) is 13.5 Å². The van der Waals surface area contributed by atoms with Crippen LogP contribution >= 0.6 is 0 Å². The summed E-state index contributed by atoms with van der Waals surface area (Å²) in [5, 5.41) is 3.79. The van der Waals surface area contributed by atoms with Gasteiger partial charge in [-0.1, -0.05) is 17.7 Å². The van der Waals surface area contributed by atoms with E-state index in [0.29, 0.717) is 29.2 Å². The zero-order valence-corrected chi connectivity index (χ0v) is 17.9. The number of nitrogens with one attached hydrogen (secondary N) is 1. The van der Waals surface area contributed by atoms with Crippen molar-refractivity contribution in [3.8, 4) is 11.5 Å². The molecule has 0 aliphatic heterocycles. The average molecular weight is 439 g/mol. The first-order valence-electron chi connectivity index (χ1n) is 9.54. The third-order valence-corrected chi connectivity index (χ3v) is 5.45. The maximum atomic E-state index is 12.2. The van der Waals surface area contributed by atoms with E-state index in [-0.39, 0.29) is 4.90 Å². The van der Waals surface area contributed by atoms with Gasteiger partial charge in [-0.05, 0) is 80.1 Å². The van der Waals surface area contributed by atoms with E-state index in [4.69, 9.17) is 9.47 Å². The fourth-order valence-corrected chi connectivity index (χ4v) is 3.37. The van der Waals surface area contributed by atoms with Crippen molar-refractivity contribution in [1.29, 1.82) is 0 Å². The Bertz CT molecular complexity index is 1150. The second-order valence-electron chi connectivity index (χ2n) is 6.58. The van der Waals surface area contributed by atoms with Crippen molar-refractivity contribution in [3.63, 3.8) is 0 Å². The van der Waals surface area contributed by atoms with Crippen molar-refractivity contribution in [2.45, 2.75) is 18.7 Å². The molecule has 7 nitrogen and oxygen atoms in total. The van der Waals surface area contributed by atoms with Crippen LogP contribution in [0.5, 0.6) is 11.5 Å². The van der Waals surface area contributed by atoms with Crippen molar-refractivity contribution in [2.75, 3.05) is 6.61 Å². The second-order valence-corrected chi connectivity index (χ2v) is 8.24. The molecule has 160 valence electrons. The molecule has 0 unspecified atom stereocenters. The lowest BCUT2D eigenvalue weighted by atomic mass is 10.2. The van der Waals surface area contributed by atoms with E-state index in [2.05, 4.69) is 9.93 Å². The minimum absolute atomic E-state index is 0.131. The maximum absolute atomic E-state index is 12.2. The summed E-state index contributed by atoms with van der Waals surface area (Å²) in [6, 6.07) is 19.6. The first-order chi connectivity index (χ1) is 14.9. The van der Waals surface area contributed by atoms with Crippen LogP contribution in [0.15, 0.2) is 82.8 Å². The number of esters is 1. The molecule has 0 fully saturated rings. The van der Waals surface area contributed by atoms with Gasteiger partial charge < -0.3 is 9.47 Å². The first kappa shape index (κ1) is 22.0. The molecule has 0 saturated heterocycles. The minimum atomic E-state index is -3.73. The molecule has 0 amide bonds. The molecule has 0 aromatic heterocycles. The van der Waals surface area contributed by atoms with Gasteiger partial charge in [0.15, 0.2) is 0 Å². The van der Waals surface area contributed by atoms with Crippen molar-refractivity contribution in [3.05, 3.63) is 89.5 Å². The van der Waals surface area contributed by atoms with E-state index < -0.39 is 16.0 Å². The summed E-state index contributed by atoms with van der Waals surface area (Å²) in [6.07, 6.45) is 1.36. The molecule has 0 atom stereocenters. The van der Waals surface area contributed by atoms with E-state index in [1.807, 2.05) is 13.8 Å². The molecule has 31 heavy (non-hydrogen) atoms. The van der Waals surface area contributed by atoms with E-state index in [0.717, 1.165) is 5.56 Å². The molecule has 8 heteroatoms. The van der Waals surface area contributed by atoms with Gasteiger partial charge in [-0.15, -0.1) is 0 Å². The lowest BCUT2D eigenvalue weighted by Gasteiger charge is -2.06. The molecule has 3 rings (SSSR count). The summed E-state index contributed by atoms with van der Waals surface area (Å²) in [7, 11) is -3.73. The Morgan fingerprint density at radius 3 is 2.16 bits per heavy atom. The van der Waals surface area contributed by atoms with Gasteiger partial charge in [0.05, 0.1) is 23.3 Å². The Balaban J connectivity index is 1.58. The molecular weight excluding hydrogens is 416 g/mol. The molecule has 0 aliphatic carbocycles. The van der Waals surface area contributed by atoms with Crippen molar-refractivity contribution in [2.24, 2.45) is 5.10 Å². The number of sulfonamides is 1. The van der Waals surface area contributed by atoms with Gasteiger partial charge in [0, 0.05) is 0 Å². The fourth-order valence-electron chi connectivity index (χ4n) is 2.58.